The highest BCUT2D eigenvalue weighted by Crippen LogP contribution is 2.31. The zero-order chi connectivity index (χ0) is 23.9. The fraction of sp³-hybridized carbons (Fsp3) is 0.481. The minimum Gasteiger partial charge on any atom is -0.483 e. The van der Waals surface area contributed by atoms with Gasteiger partial charge in [-0.25, -0.2) is 0 Å². The number of aryl methyl sites for hydroxylation is 1. The van der Waals surface area contributed by atoms with Crippen molar-refractivity contribution in [2.45, 2.75) is 78.9 Å². The SMILES string of the molecule is CC[C@H](C)NC(=O)[C@H](C)N(Cc1cccc(C)c1)C(=O)COc1ccccc1C(C)(C)C. The van der Waals surface area contributed by atoms with Gasteiger partial charge in [-0.15, -0.1) is 0 Å². The predicted octanol–water partition coefficient (Wildman–Crippen LogP) is 5.00. The minimum atomic E-state index is -0.613. The number of benzene rings is 2. The molecule has 174 valence electrons. The summed E-state index contributed by atoms with van der Waals surface area (Å²) in [5.74, 6) is 0.318. The number of rotatable bonds is 9. The maximum absolute atomic E-state index is 13.3. The third-order valence-corrected chi connectivity index (χ3v) is 5.65. The Labute approximate surface area is 193 Å². The van der Waals surface area contributed by atoms with Crippen molar-refractivity contribution in [3.05, 3.63) is 65.2 Å². The number of amides is 2. The van der Waals surface area contributed by atoms with Crippen LogP contribution in [-0.4, -0.2) is 35.4 Å². The van der Waals surface area contributed by atoms with Crippen LogP contribution in [0.15, 0.2) is 48.5 Å². The number of carbonyl (C=O) groups excluding carboxylic acids is 2. The molecule has 2 aromatic rings. The Morgan fingerprint density at radius 3 is 2.38 bits per heavy atom. The highest BCUT2D eigenvalue weighted by molar-refractivity contribution is 5.88. The molecule has 0 aliphatic carbocycles. The van der Waals surface area contributed by atoms with Crippen LogP contribution in [0, 0.1) is 6.92 Å². The number of hydrogen-bond acceptors (Lipinski definition) is 3. The van der Waals surface area contributed by atoms with E-state index < -0.39 is 6.04 Å². The largest absolute Gasteiger partial charge is 0.483 e. The van der Waals surface area contributed by atoms with E-state index in [1.54, 1.807) is 11.8 Å². The molecule has 1 N–H and O–H groups in total. The van der Waals surface area contributed by atoms with Crippen LogP contribution in [0.25, 0.3) is 0 Å². The van der Waals surface area contributed by atoms with E-state index >= 15 is 0 Å². The second kappa shape index (κ2) is 11.2. The van der Waals surface area contributed by atoms with Crippen LogP contribution in [0.5, 0.6) is 5.75 Å². The monoisotopic (exact) mass is 438 g/mol. The number of carbonyl (C=O) groups is 2. The molecule has 5 heteroatoms. The van der Waals surface area contributed by atoms with Gasteiger partial charge in [0.25, 0.3) is 5.91 Å². The zero-order valence-electron chi connectivity index (χ0n) is 20.6. The maximum Gasteiger partial charge on any atom is 0.261 e. The van der Waals surface area contributed by atoms with E-state index in [-0.39, 0.29) is 29.9 Å². The topological polar surface area (TPSA) is 58.6 Å². The van der Waals surface area contributed by atoms with Gasteiger partial charge < -0.3 is 15.0 Å². The van der Waals surface area contributed by atoms with E-state index in [2.05, 4.69) is 26.1 Å². The van der Waals surface area contributed by atoms with E-state index in [9.17, 15) is 9.59 Å². The summed E-state index contributed by atoms with van der Waals surface area (Å²) >= 11 is 0. The summed E-state index contributed by atoms with van der Waals surface area (Å²) in [5, 5.41) is 2.99. The van der Waals surface area contributed by atoms with Gasteiger partial charge in [-0.2, -0.15) is 0 Å². The molecule has 0 saturated heterocycles. The van der Waals surface area contributed by atoms with Gasteiger partial charge in [0.05, 0.1) is 0 Å². The van der Waals surface area contributed by atoms with E-state index in [1.165, 1.54) is 0 Å². The molecular weight excluding hydrogens is 400 g/mol. The quantitative estimate of drug-likeness (QED) is 0.599. The number of hydrogen-bond donors (Lipinski definition) is 1. The van der Waals surface area contributed by atoms with Crippen molar-refractivity contribution in [2.24, 2.45) is 0 Å². The van der Waals surface area contributed by atoms with Crippen molar-refractivity contribution in [3.8, 4) is 5.75 Å². The molecule has 32 heavy (non-hydrogen) atoms. The third-order valence-electron chi connectivity index (χ3n) is 5.65. The molecule has 5 nitrogen and oxygen atoms in total. The lowest BCUT2D eigenvalue weighted by Gasteiger charge is -2.30. The van der Waals surface area contributed by atoms with Crippen molar-refractivity contribution in [3.63, 3.8) is 0 Å². The summed E-state index contributed by atoms with van der Waals surface area (Å²) in [6, 6.07) is 15.2. The number of nitrogens with one attached hydrogen (secondary N) is 1. The molecule has 0 fully saturated rings. The molecular formula is C27H38N2O3. The van der Waals surface area contributed by atoms with E-state index in [4.69, 9.17) is 4.74 Å². The first-order chi connectivity index (χ1) is 15.0. The highest BCUT2D eigenvalue weighted by atomic mass is 16.5. The van der Waals surface area contributed by atoms with Crippen LogP contribution in [0.3, 0.4) is 0 Å². The van der Waals surface area contributed by atoms with Crippen LogP contribution in [0.2, 0.25) is 0 Å². The van der Waals surface area contributed by atoms with Crippen molar-refractivity contribution >= 4 is 11.8 Å². The standard InChI is InChI=1S/C27H38N2O3/c1-8-20(3)28-26(31)21(4)29(17-22-13-11-12-19(2)16-22)25(30)18-32-24-15-10-9-14-23(24)27(5,6)7/h9-16,20-21H,8,17-18H2,1-7H3,(H,28,31)/t20-,21-/m0/s1. The molecule has 0 bridgehead atoms. The predicted molar refractivity (Wildman–Crippen MR) is 130 cm³/mol. The van der Waals surface area contributed by atoms with E-state index in [0.717, 1.165) is 23.1 Å². The van der Waals surface area contributed by atoms with Gasteiger partial charge in [-0.3, -0.25) is 9.59 Å². The van der Waals surface area contributed by atoms with Gasteiger partial charge in [0, 0.05) is 12.6 Å². The number of nitrogens with zero attached hydrogens (tertiary/aromatic N) is 1. The van der Waals surface area contributed by atoms with Crippen molar-refractivity contribution in [1.29, 1.82) is 0 Å². The van der Waals surface area contributed by atoms with Crippen LogP contribution in [0.4, 0.5) is 0 Å². The van der Waals surface area contributed by atoms with Crippen molar-refractivity contribution in [1.82, 2.24) is 10.2 Å². The smallest absolute Gasteiger partial charge is 0.261 e. The second-order valence-corrected chi connectivity index (χ2v) is 9.54. The van der Waals surface area contributed by atoms with Crippen molar-refractivity contribution < 1.29 is 14.3 Å². The first kappa shape index (κ1) is 25.4. The zero-order valence-corrected chi connectivity index (χ0v) is 20.6. The Morgan fingerprint density at radius 1 is 1.06 bits per heavy atom. The Balaban J connectivity index is 2.23. The normalized spacial score (nSPS) is 13.2. The second-order valence-electron chi connectivity index (χ2n) is 9.54. The molecule has 0 saturated carbocycles. The molecule has 0 aromatic heterocycles. The Bertz CT molecular complexity index is 917. The molecule has 2 atom stereocenters. The summed E-state index contributed by atoms with van der Waals surface area (Å²) < 4.78 is 5.98. The van der Waals surface area contributed by atoms with Crippen LogP contribution >= 0.6 is 0 Å². The van der Waals surface area contributed by atoms with Crippen molar-refractivity contribution in [2.75, 3.05) is 6.61 Å². The van der Waals surface area contributed by atoms with Crippen LogP contribution in [-0.2, 0) is 21.5 Å². The summed E-state index contributed by atoms with van der Waals surface area (Å²) in [4.78, 5) is 27.7. The van der Waals surface area contributed by atoms with E-state index in [1.807, 2.05) is 69.3 Å². The molecule has 0 spiro atoms. The molecule has 0 aliphatic rings. The van der Waals surface area contributed by atoms with Gasteiger partial charge in [0.15, 0.2) is 6.61 Å². The molecule has 0 unspecified atom stereocenters. The van der Waals surface area contributed by atoms with Gasteiger partial charge in [-0.05, 0) is 49.8 Å². The number of ether oxygens (including phenoxy) is 1. The summed E-state index contributed by atoms with van der Waals surface area (Å²) in [6.45, 7) is 14.3. The molecule has 2 rings (SSSR count). The summed E-state index contributed by atoms with van der Waals surface area (Å²) in [7, 11) is 0. The maximum atomic E-state index is 13.3. The molecule has 0 aliphatic heterocycles. The average Bonchev–Trinajstić information content (AvgIpc) is 2.74. The molecule has 2 aromatic carbocycles. The number of para-hydroxylation sites is 1. The van der Waals surface area contributed by atoms with Gasteiger partial charge in [0.2, 0.25) is 5.91 Å². The average molecular weight is 439 g/mol. The first-order valence-corrected chi connectivity index (χ1v) is 11.4. The summed E-state index contributed by atoms with van der Waals surface area (Å²) in [5.41, 5.74) is 3.03. The fourth-order valence-corrected chi connectivity index (χ4v) is 3.49. The summed E-state index contributed by atoms with van der Waals surface area (Å²) in [6.07, 6.45) is 0.830. The van der Waals surface area contributed by atoms with E-state index in [0.29, 0.717) is 12.3 Å². The van der Waals surface area contributed by atoms with Crippen LogP contribution < -0.4 is 10.1 Å². The lowest BCUT2D eigenvalue weighted by Crippen LogP contribution is -2.50. The highest BCUT2D eigenvalue weighted by Gasteiger charge is 2.28. The molecule has 0 radical (unpaired) electrons. The van der Waals surface area contributed by atoms with Gasteiger partial charge >= 0.3 is 0 Å². The van der Waals surface area contributed by atoms with Gasteiger partial charge in [0.1, 0.15) is 11.8 Å². The Kier molecular flexibility index (Phi) is 8.88. The fourth-order valence-electron chi connectivity index (χ4n) is 3.49. The lowest BCUT2D eigenvalue weighted by atomic mass is 9.86. The minimum absolute atomic E-state index is 0.0517. The first-order valence-electron chi connectivity index (χ1n) is 11.4. The molecule has 2 amide bonds. The Hall–Kier alpha value is -2.82. The van der Waals surface area contributed by atoms with Crippen LogP contribution in [0.1, 0.15) is 64.7 Å². The van der Waals surface area contributed by atoms with Gasteiger partial charge in [-0.1, -0.05) is 75.7 Å². The third kappa shape index (κ3) is 7.11. The lowest BCUT2D eigenvalue weighted by molar-refractivity contribution is -0.142. The molecule has 0 heterocycles. The Morgan fingerprint density at radius 2 is 1.75 bits per heavy atom.